The molecule has 0 radical (unpaired) electrons. The molecule has 0 aromatic rings. The second-order valence-corrected chi connectivity index (χ2v) is 26.4. The maximum absolute atomic E-state index is 13.4. The first-order valence-corrected chi connectivity index (χ1v) is 36.6. The number of aliphatic hydroxyl groups is 11. The van der Waals surface area contributed by atoms with Gasteiger partial charge in [0.15, 0.2) is 18.9 Å². The van der Waals surface area contributed by atoms with Crippen molar-refractivity contribution in [2.75, 3.05) is 26.4 Å². The molecule has 19 nitrogen and oxygen atoms in total. The molecule has 17 unspecified atom stereocenters. The van der Waals surface area contributed by atoms with Crippen LogP contribution in [0.3, 0.4) is 0 Å². The van der Waals surface area contributed by atoms with Gasteiger partial charge in [0, 0.05) is 6.42 Å². The molecule has 19 heteroatoms. The van der Waals surface area contributed by atoms with Gasteiger partial charge in [-0.15, -0.1) is 0 Å². The van der Waals surface area contributed by atoms with Gasteiger partial charge >= 0.3 is 0 Å². The topological polar surface area (TPSA) is 307 Å². The Morgan fingerprint density at radius 2 is 0.700 bits per heavy atom. The van der Waals surface area contributed by atoms with Crippen LogP contribution in [0.4, 0.5) is 0 Å². The number of carbonyl (C=O) groups excluding carboxylic acids is 1. The number of aliphatic hydroxyl groups excluding tert-OH is 11. The lowest BCUT2D eigenvalue weighted by atomic mass is 9.96. The molecular formula is C71H133NO18. The van der Waals surface area contributed by atoms with Gasteiger partial charge in [-0.25, -0.2) is 0 Å². The number of rotatable bonds is 57. The zero-order valence-corrected chi connectivity index (χ0v) is 56.1. The van der Waals surface area contributed by atoms with Crippen LogP contribution in [0, 0.1) is 0 Å². The van der Waals surface area contributed by atoms with Crippen molar-refractivity contribution in [1.82, 2.24) is 5.32 Å². The molecule has 0 bridgehead atoms. The third-order valence-corrected chi connectivity index (χ3v) is 18.5. The molecule has 3 fully saturated rings. The third kappa shape index (κ3) is 34.8. The quantitative estimate of drug-likeness (QED) is 0.0199. The molecule has 0 aromatic carbocycles. The highest BCUT2D eigenvalue weighted by molar-refractivity contribution is 5.76. The Morgan fingerprint density at radius 1 is 0.389 bits per heavy atom. The molecule has 17 atom stereocenters. The Balaban J connectivity index is 1.36. The number of nitrogens with one attached hydrogen (secondary N) is 1. The summed E-state index contributed by atoms with van der Waals surface area (Å²) in [6.45, 7) is 1.75. The summed E-state index contributed by atoms with van der Waals surface area (Å²) < 4.78 is 34.3. The number of allylic oxidation sites excluding steroid dienone is 3. The minimum absolute atomic E-state index is 0.248. The van der Waals surface area contributed by atoms with Crippen LogP contribution < -0.4 is 5.32 Å². The third-order valence-electron chi connectivity index (χ3n) is 18.5. The van der Waals surface area contributed by atoms with Crippen molar-refractivity contribution in [3.8, 4) is 0 Å². The Kier molecular flexibility index (Phi) is 49.0. The second-order valence-electron chi connectivity index (χ2n) is 26.4. The maximum atomic E-state index is 13.4. The predicted octanol–water partition coefficient (Wildman–Crippen LogP) is 10.2. The van der Waals surface area contributed by atoms with E-state index < -0.39 is 124 Å². The first-order valence-electron chi connectivity index (χ1n) is 36.6. The highest BCUT2D eigenvalue weighted by Gasteiger charge is 2.53. The van der Waals surface area contributed by atoms with Gasteiger partial charge < -0.3 is 89.9 Å². The molecule has 3 heterocycles. The van der Waals surface area contributed by atoms with E-state index in [1.54, 1.807) is 6.08 Å². The number of hydrogen-bond acceptors (Lipinski definition) is 18. The fourth-order valence-corrected chi connectivity index (χ4v) is 12.5. The Morgan fingerprint density at radius 3 is 1.08 bits per heavy atom. The summed E-state index contributed by atoms with van der Waals surface area (Å²) in [5.74, 6) is -0.271. The fraction of sp³-hybridized carbons (Fsp3) is 0.930. The van der Waals surface area contributed by atoms with Crippen molar-refractivity contribution in [3.05, 3.63) is 24.3 Å². The van der Waals surface area contributed by atoms with Crippen LogP contribution in [0.15, 0.2) is 24.3 Å². The van der Waals surface area contributed by atoms with Crippen LogP contribution in [0.25, 0.3) is 0 Å². The Bertz CT molecular complexity index is 1730. The molecule has 0 aromatic heterocycles. The number of carbonyl (C=O) groups is 1. The summed E-state index contributed by atoms with van der Waals surface area (Å²) in [7, 11) is 0. The molecule has 0 saturated carbocycles. The number of ether oxygens (including phenoxy) is 6. The fourth-order valence-electron chi connectivity index (χ4n) is 12.5. The van der Waals surface area contributed by atoms with E-state index in [4.69, 9.17) is 28.4 Å². The largest absolute Gasteiger partial charge is 0.394 e. The minimum Gasteiger partial charge on any atom is -0.394 e. The molecule has 0 aliphatic carbocycles. The smallest absolute Gasteiger partial charge is 0.220 e. The molecule has 3 aliphatic rings. The van der Waals surface area contributed by atoms with Gasteiger partial charge in [-0.3, -0.25) is 4.79 Å². The van der Waals surface area contributed by atoms with Gasteiger partial charge in [-0.05, 0) is 44.9 Å². The molecule has 3 saturated heterocycles. The lowest BCUT2D eigenvalue weighted by Gasteiger charge is -2.48. The van der Waals surface area contributed by atoms with E-state index in [0.717, 1.165) is 44.9 Å². The molecule has 3 rings (SSSR count). The van der Waals surface area contributed by atoms with Crippen molar-refractivity contribution in [2.24, 2.45) is 0 Å². The second kappa shape index (κ2) is 53.4. The predicted molar refractivity (Wildman–Crippen MR) is 351 cm³/mol. The maximum Gasteiger partial charge on any atom is 0.220 e. The highest BCUT2D eigenvalue weighted by atomic mass is 16.8. The molecule has 3 aliphatic heterocycles. The van der Waals surface area contributed by atoms with Crippen LogP contribution in [0.2, 0.25) is 0 Å². The highest BCUT2D eigenvalue weighted by Crippen LogP contribution is 2.33. The molecule has 530 valence electrons. The lowest BCUT2D eigenvalue weighted by Crippen LogP contribution is -2.66. The lowest BCUT2D eigenvalue weighted by molar-refractivity contribution is -0.379. The van der Waals surface area contributed by atoms with Gasteiger partial charge in [0.25, 0.3) is 0 Å². The summed E-state index contributed by atoms with van der Waals surface area (Å²) in [6, 6.07) is -0.970. The first kappa shape index (κ1) is 82.5. The van der Waals surface area contributed by atoms with Crippen molar-refractivity contribution >= 4 is 5.91 Å². The van der Waals surface area contributed by atoms with E-state index >= 15 is 0 Å². The van der Waals surface area contributed by atoms with Crippen LogP contribution in [-0.4, -0.2) is 193 Å². The van der Waals surface area contributed by atoms with Gasteiger partial charge in [-0.2, -0.15) is 0 Å². The van der Waals surface area contributed by atoms with E-state index in [9.17, 15) is 61.0 Å². The van der Waals surface area contributed by atoms with Crippen LogP contribution in [-0.2, 0) is 33.2 Å². The van der Waals surface area contributed by atoms with Gasteiger partial charge in [-0.1, -0.05) is 263 Å². The molecular weight excluding hydrogens is 1150 g/mol. The normalized spacial score (nSPS) is 28.1. The zero-order valence-electron chi connectivity index (χ0n) is 56.1. The summed E-state index contributed by atoms with van der Waals surface area (Å²) in [6.07, 6.45) is 34.6. The number of amides is 1. The summed E-state index contributed by atoms with van der Waals surface area (Å²) >= 11 is 0. The number of hydrogen-bond donors (Lipinski definition) is 12. The van der Waals surface area contributed by atoms with E-state index in [1.165, 1.54) is 218 Å². The Labute approximate surface area is 543 Å². The SMILES string of the molecule is CCCCCCCCCC/C=C\CCCCCCCCCCCCCCCCCCCCCC(=O)NC(COC1OC(CO)C(OC2OC(CO)C(OC3OC(CO)C(O)C(O)C3O)C(O)C2O)C(O)C1O)C(O)/C=C/CCCCCCCCCCCCCC. The standard InChI is InChI=1S/C71H133NO18/c1-3-5-7-9-11-13-15-17-19-20-21-22-23-24-25-26-27-28-29-30-31-32-33-34-35-37-39-41-43-45-47-49-59(77)72-54(55(76)48-46-44-42-40-38-36-18-16-14-12-10-8-6-4-2)53-85-69-65(83)62(80)67(57(51-74)87-69)90-71-66(84)63(81)68(58(52-75)88-71)89-70-64(82)61(79)60(78)56(50-73)86-70/h20-21,46,48,54-58,60-71,73-76,78-84H,3-19,22-45,47,49-53H2,1-2H3,(H,72,77)/b21-20-,48-46+. The van der Waals surface area contributed by atoms with Crippen molar-refractivity contribution in [2.45, 2.75) is 394 Å². The van der Waals surface area contributed by atoms with Gasteiger partial charge in [0.1, 0.15) is 73.2 Å². The average Bonchev–Trinajstić information content (AvgIpc) is 0.908. The van der Waals surface area contributed by atoms with E-state index in [0.29, 0.717) is 6.42 Å². The van der Waals surface area contributed by atoms with Crippen molar-refractivity contribution in [3.63, 3.8) is 0 Å². The Hall–Kier alpha value is -1.73. The van der Waals surface area contributed by atoms with Crippen LogP contribution in [0.5, 0.6) is 0 Å². The van der Waals surface area contributed by atoms with E-state index in [-0.39, 0.29) is 18.9 Å². The minimum atomic E-state index is -1.98. The molecule has 90 heavy (non-hydrogen) atoms. The summed E-state index contributed by atoms with van der Waals surface area (Å²) in [5, 5.41) is 120. The van der Waals surface area contributed by atoms with Crippen molar-refractivity contribution in [1.29, 1.82) is 0 Å². The number of unbranched alkanes of at least 4 members (excludes halogenated alkanes) is 39. The first-order chi connectivity index (χ1) is 43.8. The zero-order chi connectivity index (χ0) is 65.4. The van der Waals surface area contributed by atoms with Crippen molar-refractivity contribution < 1.29 is 89.4 Å². The summed E-state index contributed by atoms with van der Waals surface area (Å²) in [5.41, 5.74) is 0. The molecule has 0 spiro atoms. The van der Waals surface area contributed by atoms with Gasteiger partial charge in [0.2, 0.25) is 5.91 Å². The molecule has 12 N–H and O–H groups in total. The molecule has 1 amide bonds. The van der Waals surface area contributed by atoms with Crippen LogP contribution in [0.1, 0.15) is 290 Å². The van der Waals surface area contributed by atoms with E-state index in [1.807, 2.05) is 6.08 Å². The summed E-state index contributed by atoms with van der Waals surface area (Å²) in [4.78, 5) is 13.4. The van der Waals surface area contributed by atoms with Gasteiger partial charge in [0.05, 0.1) is 38.6 Å². The average molecular weight is 1290 g/mol. The monoisotopic (exact) mass is 1290 g/mol. The van der Waals surface area contributed by atoms with E-state index in [2.05, 4.69) is 31.3 Å². The van der Waals surface area contributed by atoms with Crippen LogP contribution >= 0.6 is 0 Å².